The van der Waals surface area contributed by atoms with Gasteiger partial charge in [0, 0.05) is 16.8 Å². The summed E-state index contributed by atoms with van der Waals surface area (Å²) in [6.07, 6.45) is 1.06. The van der Waals surface area contributed by atoms with Gasteiger partial charge in [-0.05, 0) is 18.6 Å². The fourth-order valence-corrected chi connectivity index (χ4v) is 2.05. The van der Waals surface area contributed by atoms with Gasteiger partial charge in [-0.3, -0.25) is 0 Å². The fraction of sp³-hybridized carbons (Fsp3) is 0.400. The van der Waals surface area contributed by atoms with Gasteiger partial charge < -0.3 is 4.74 Å². The van der Waals surface area contributed by atoms with Crippen LogP contribution in [0.3, 0.4) is 0 Å². The molecule has 1 atom stereocenters. The summed E-state index contributed by atoms with van der Waals surface area (Å²) in [5.74, 6) is 1.07. The van der Waals surface area contributed by atoms with Crippen LogP contribution in [0.15, 0.2) is 18.2 Å². The Hall–Kier alpha value is -0.500. The third-order valence-electron chi connectivity index (χ3n) is 2.21. The molecule has 1 aromatic carbocycles. The number of hydrogen-bond donors (Lipinski definition) is 0. The lowest BCUT2D eigenvalue weighted by molar-refractivity contribution is 0.357. The van der Waals surface area contributed by atoms with Crippen molar-refractivity contribution in [2.75, 3.05) is 6.61 Å². The van der Waals surface area contributed by atoms with E-state index in [9.17, 15) is 0 Å². The number of fused-ring (bicyclic) bond motifs is 1. The van der Waals surface area contributed by atoms with E-state index in [0.29, 0.717) is 4.83 Å². The minimum absolute atomic E-state index is 0.425. The second-order valence-electron chi connectivity index (χ2n) is 3.04. The number of benzene rings is 1. The first-order valence-corrected chi connectivity index (χ1v) is 5.09. The Kier molecular flexibility index (Phi) is 2.09. The highest BCUT2D eigenvalue weighted by molar-refractivity contribution is 9.09. The Morgan fingerprint density at radius 3 is 3.08 bits per heavy atom. The normalized spacial score (nSPS) is 16.8. The maximum absolute atomic E-state index is 5.47. The highest BCUT2D eigenvalue weighted by atomic mass is 79.9. The Morgan fingerprint density at radius 2 is 2.33 bits per heavy atom. The maximum Gasteiger partial charge on any atom is 0.122 e. The van der Waals surface area contributed by atoms with Crippen LogP contribution in [0.5, 0.6) is 5.75 Å². The van der Waals surface area contributed by atoms with Crippen molar-refractivity contribution in [3.63, 3.8) is 0 Å². The molecule has 0 N–H and O–H groups in total. The largest absolute Gasteiger partial charge is 0.493 e. The zero-order valence-corrected chi connectivity index (χ0v) is 8.60. The van der Waals surface area contributed by atoms with E-state index in [1.807, 2.05) is 6.07 Å². The van der Waals surface area contributed by atoms with Crippen LogP contribution in [-0.2, 0) is 6.42 Å². The van der Waals surface area contributed by atoms with Crippen molar-refractivity contribution in [1.29, 1.82) is 0 Å². The summed E-state index contributed by atoms with van der Waals surface area (Å²) >= 11 is 3.58. The summed E-state index contributed by atoms with van der Waals surface area (Å²) < 4.78 is 5.47. The van der Waals surface area contributed by atoms with Gasteiger partial charge in [-0.1, -0.05) is 28.1 Å². The first-order valence-electron chi connectivity index (χ1n) is 4.17. The lowest BCUT2D eigenvalue weighted by atomic mass is 10.0. The molecule has 0 saturated carbocycles. The zero-order valence-electron chi connectivity index (χ0n) is 7.01. The zero-order chi connectivity index (χ0) is 8.55. The minimum Gasteiger partial charge on any atom is -0.493 e. The third-order valence-corrected chi connectivity index (χ3v) is 2.70. The SMILES string of the molecule is CC(Br)c1cccc2c1CCO2. The van der Waals surface area contributed by atoms with Crippen LogP contribution >= 0.6 is 15.9 Å². The van der Waals surface area contributed by atoms with Crippen molar-refractivity contribution in [2.45, 2.75) is 18.2 Å². The number of halogens is 1. The molecule has 0 aliphatic carbocycles. The lowest BCUT2D eigenvalue weighted by Gasteiger charge is -2.08. The summed E-state index contributed by atoms with van der Waals surface area (Å²) in [6, 6.07) is 6.26. The van der Waals surface area contributed by atoms with Crippen molar-refractivity contribution >= 4 is 15.9 Å². The topological polar surface area (TPSA) is 9.23 Å². The number of hydrogen-bond acceptors (Lipinski definition) is 1. The lowest BCUT2D eigenvalue weighted by Crippen LogP contribution is -1.90. The first kappa shape index (κ1) is 8.11. The molecular weight excluding hydrogens is 216 g/mol. The number of alkyl halides is 1. The molecule has 0 amide bonds. The van der Waals surface area contributed by atoms with E-state index in [1.165, 1.54) is 11.1 Å². The van der Waals surface area contributed by atoms with E-state index >= 15 is 0 Å². The molecule has 2 rings (SSSR count). The van der Waals surface area contributed by atoms with Gasteiger partial charge in [0.05, 0.1) is 6.61 Å². The summed E-state index contributed by atoms with van der Waals surface area (Å²) in [6.45, 7) is 2.99. The second kappa shape index (κ2) is 3.09. The number of rotatable bonds is 1. The van der Waals surface area contributed by atoms with E-state index in [1.54, 1.807) is 0 Å². The van der Waals surface area contributed by atoms with Crippen LogP contribution in [0.4, 0.5) is 0 Å². The monoisotopic (exact) mass is 226 g/mol. The molecule has 2 heteroatoms. The summed E-state index contributed by atoms with van der Waals surface area (Å²) in [5.41, 5.74) is 2.74. The van der Waals surface area contributed by atoms with Gasteiger partial charge in [-0.25, -0.2) is 0 Å². The van der Waals surface area contributed by atoms with E-state index in [2.05, 4.69) is 35.0 Å². The Balaban J connectivity index is 2.49. The molecule has 1 nitrogen and oxygen atoms in total. The molecule has 1 aromatic rings. The van der Waals surface area contributed by atoms with Crippen LogP contribution in [0.2, 0.25) is 0 Å². The van der Waals surface area contributed by atoms with Crippen molar-refractivity contribution in [1.82, 2.24) is 0 Å². The molecule has 0 spiro atoms. The van der Waals surface area contributed by atoms with Crippen LogP contribution in [0.25, 0.3) is 0 Å². The van der Waals surface area contributed by atoms with Gasteiger partial charge in [0.15, 0.2) is 0 Å². The Morgan fingerprint density at radius 1 is 1.50 bits per heavy atom. The van der Waals surface area contributed by atoms with Crippen molar-refractivity contribution in [3.8, 4) is 5.75 Å². The number of ether oxygens (including phenoxy) is 1. The summed E-state index contributed by atoms with van der Waals surface area (Å²) in [4.78, 5) is 0.425. The molecule has 12 heavy (non-hydrogen) atoms. The maximum atomic E-state index is 5.47. The van der Waals surface area contributed by atoms with Gasteiger partial charge in [0.25, 0.3) is 0 Å². The Labute approximate surface area is 80.9 Å². The molecule has 64 valence electrons. The molecular formula is C10H11BrO. The molecule has 1 aliphatic heterocycles. The van der Waals surface area contributed by atoms with Crippen molar-refractivity contribution < 1.29 is 4.74 Å². The highest BCUT2D eigenvalue weighted by Crippen LogP contribution is 2.34. The second-order valence-corrected chi connectivity index (χ2v) is 4.41. The van der Waals surface area contributed by atoms with Crippen molar-refractivity contribution in [3.05, 3.63) is 29.3 Å². The Bertz CT molecular complexity index is 294. The van der Waals surface area contributed by atoms with Crippen LogP contribution in [0.1, 0.15) is 22.9 Å². The standard InChI is InChI=1S/C10H11BrO/c1-7(11)8-3-2-4-10-9(8)5-6-12-10/h2-4,7H,5-6H2,1H3. The molecule has 1 unspecified atom stereocenters. The van der Waals surface area contributed by atoms with Gasteiger partial charge >= 0.3 is 0 Å². The van der Waals surface area contributed by atoms with Gasteiger partial charge in [-0.15, -0.1) is 0 Å². The quantitative estimate of drug-likeness (QED) is 0.670. The van der Waals surface area contributed by atoms with E-state index < -0.39 is 0 Å². The molecule has 1 aliphatic rings. The predicted molar refractivity (Wildman–Crippen MR) is 53.0 cm³/mol. The van der Waals surface area contributed by atoms with Crippen molar-refractivity contribution in [2.24, 2.45) is 0 Å². The molecule has 0 bridgehead atoms. The third kappa shape index (κ3) is 1.24. The average molecular weight is 227 g/mol. The van der Waals surface area contributed by atoms with E-state index in [-0.39, 0.29) is 0 Å². The van der Waals surface area contributed by atoms with Crippen LogP contribution < -0.4 is 4.74 Å². The molecule has 0 aromatic heterocycles. The van der Waals surface area contributed by atoms with Gasteiger partial charge in [0.1, 0.15) is 5.75 Å². The predicted octanol–water partition coefficient (Wildman–Crippen LogP) is 3.08. The average Bonchev–Trinajstić information content (AvgIpc) is 2.49. The first-order chi connectivity index (χ1) is 5.79. The van der Waals surface area contributed by atoms with Crippen LogP contribution in [-0.4, -0.2) is 6.61 Å². The minimum atomic E-state index is 0.425. The van der Waals surface area contributed by atoms with Gasteiger partial charge in [0.2, 0.25) is 0 Å². The molecule has 0 saturated heterocycles. The highest BCUT2D eigenvalue weighted by Gasteiger charge is 2.17. The van der Waals surface area contributed by atoms with Gasteiger partial charge in [-0.2, -0.15) is 0 Å². The molecule has 1 heterocycles. The van der Waals surface area contributed by atoms with Crippen LogP contribution in [0, 0.1) is 0 Å². The molecule has 0 radical (unpaired) electrons. The smallest absolute Gasteiger partial charge is 0.122 e. The summed E-state index contributed by atoms with van der Waals surface area (Å²) in [7, 11) is 0. The van der Waals surface area contributed by atoms with E-state index in [4.69, 9.17) is 4.74 Å². The summed E-state index contributed by atoms with van der Waals surface area (Å²) in [5, 5.41) is 0. The fourth-order valence-electron chi connectivity index (χ4n) is 1.62. The van der Waals surface area contributed by atoms with E-state index in [0.717, 1.165) is 18.8 Å². The molecule has 0 fully saturated rings.